The van der Waals surface area contributed by atoms with Crippen LogP contribution in [0.1, 0.15) is 55.4 Å². The van der Waals surface area contributed by atoms with E-state index in [1.54, 1.807) is 6.92 Å². The normalized spacial score (nSPS) is 19.7. The molecule has 1 atom stereocenters. The molecule has 12 heteroatoms. The van der Waals surface area contributed by atoms with Crippen molar-refractivity contribution in [2.45, 2.75) is 70.1 Å². The molecule has 7 nitrogen and oxygen atoms in total. The van der Waals surface area contributed by atoms with Gasteiger partial charge in [-0.05, 0) is 12.8 Å². The van der Waals surface area contributed by atoms with Crippen LogP contribution in [0.15, 0.2) is 0 Å². The maximum absolute atomic E-state index is 13.6. The van der Waals surface area contributed by atoms with Crippen molar-refractivity contribution in [2.24, 2.45) is 5.73 Å². The summed E-state index contributed by atoms with van der Waals surface area (Å²) < 4.78 is 67.5. The smallest absolute Gasteiger partial charge is 0.336 e. The first-order valence-corrected chi connectivity index (χ1v) is 10.5. The van der Waals surface area contributed by atoms with Crippen molar-refractivity contribution in [3.05, 3.63) is 22.8 Å². The molecule has 2 aliphatic heterocycles. The zero-order valence-corrected chi connectivity index (χ0v) is 17.7. The lowest BCUT2D eigenvalue weighted by Crippen LogP contribution is -2.51. The summed E-state index contributed by atoms with van der Waals surface area (Å²) in [5, 5.41) is 0. The van der Waals surface area contributed by atoms with E-state index in [9.17, 15) is 31.5 Å². The van der Waals surface area contributed by atoms with Gasteiger partial charge in [0.2, 0.25) is 11.8 Å². The highest BCUT2D eigenvalue weighted by Gasteiger charge is 2.40. The van der Waals surface area contributed by atoms with E-state index in [4.69, 9.17) is 5.73 Å². The number of hydrogen-bond donors (Lipinski definition) is 1. The fourth-order valence-electron chi connectivity index (χ4n) is 4.03. The highest BCUT2D eigenvalue weighted by atomic mass is 19.4. The number of halogens is 5. The Morgan fingerprint density at radius 2 is 1.97 bits per heavy atom. The molecule has 0 bridgehead atoms. The Morgan fingerprint density at radius 1 is 1.25 bits per heavy atom. The third-order valence-electron chi connectivity index (χ3n) is 5.58. The molecule has 1 aromatic heterocycles. The molecule has 32 heavy (non-hydrogen) atoms. The average molecular weight is 463 g/mol. The summed E-state index contributed by atoms with van der Waals surface area (Å²) in [6.07, 6.45) is -4.82. The Hall–Kier alpha value is -2.37. The van der Waals surface area contributed by atoms with E-state index in [1.165, 1.54) is 4.90 Å². The number of alkyl halides is 5. The number of nitrogens with two attached hydrogens (primary N) is 1. The summed E-state index contributed by atoms with van der Waals surface area (Å²) >= 11 is 0. The van der Waals surface area contributed by atoms with Crippen LogP contribution < -0.4 is 5.73 Å². The number of likely N-dealkylation sites (tertiary alicyclic amines) is 1. The second-order valence-corrected chi connectivity index (χ2v) is 8.32. The molecule has 2 amide bonds. The monoisotopic (exact) mass is 463 g/mol. The van der Waals surface area contributed by atoms with E-state index in [-0.39, 0.29) is 62.4 Å². The van der Waals surface area contributed by atoms with Crippen LogP contribution in [-0.2, 0) is 35.2 Å². The Bertz CT molecular complexity index is 877. The molecule has 1 aromatic rings. The van der Waals surface area contributed by atoms with Gasteiger partial charge in [-0.15, -0.1) is 0 Å². The molecule has 0 spiro atoms. The van der Waals surface area contributed by atoms with E-state index >= 15 is 0 Å². The third kappa shape index (κ3) is 5.70. The maximum atomic E-state index is 13.6. The molecule has 0 radical (unpaired) electrons. The third-order valence-corrected chi connectivity index (χ3v) is 5.58. The van der Waals surface area contributed by atoms with Crippen LogP contribution >= 0.6 is 0 Å². The van der Waals surface area contributed by atoms with Gasteiger partial charge in [-0.3, -0.25) is 9.59 Å². The molecule has 2 aliphatic rings. The average Bonchev–Trinajstić information content (AvgIpc) is 2.69. The predicted octanol–water partition coefficient (Wildman–Crippen LogP) is 2.31. The van der Waals surface area contributed by atoms with E-state index in [2.05, 4.69) is 9.97 Å². The van der Waals surface area contributed by atoms with Crippen LogP contribution in [-0.4, -0.2) is 63.2 Å². The first-order valence-electron chi connectivity index (χ1n) is 10.5. The zero-order valence-electron chi connectivity index (χ0n) is 17.7. The minimum atomic E-state index is -4.62. The largest absolute Gasteiger partial charge is 0.433 e. The number of nitrogens with zero attached hydrogens (tertiary/aromatic N) is 4. The van der Waals surface area contributed by atoms with Crippen molar-refractivity contribution in [1.82, 2.24) is 19.8 Å². The van der Waals surface area contributed by atoms with E-state index in [0.717, 1.165) is 4.90 Å². The van der Waals surface area contributed by atoms with Gasteiger partial charge in [0.1, 0.15) is 5.82 Å². The molecule has 1 saturated heterocycles. The van der Waals surface area contributed by atoms with Gasteiger partial charge in [0, 0.05) is 50.4 Å². The second kappa shape index (κ2) is 9.24. The molecular weight excluding hydrogens is 437 g/mol. The highest BCUT2D eigenvalue weighted by Crippen LogP contribution is 2.34. The molecule has 178 valence electrons. The standard InChI is InChI=1S/C20H26F5N5O2/c1-2-3-15-27-14-10-29(7-5-13(14)18(28-15)20(23,24)25)17(32)8-12(26)9-30-11-19(21,22)6-4-16(30)31/h12H,2-11,26H2,1H3/t12-/m1/s1. The number of rotatable bonds is 6. The molecule has 2 N–H and O–H groups in total. The summed E-state index contributed by atoms with van der Waals surface area (Å²) in [4.78, 5) is 34.8. The summed E-state index contributed by atoms with van der Waals surface area (Å²) in [5.74, 6) is -3.77. The van der Waals surface area contributed by atoms with Gasteiger partial charge in [-0.1, -0.05) is 6.92 Å². The molecule has 1 fully saturated rings. The molecule has 0 aromatic carbocycles. The Balaban J connectivity index is 1.67. The highest BCUT2D eigenvalue weighted by molar-refractivity contribution is 5.78. The lowest BCUT2D eigenvalue weighted by molar-refractivity contribution is -0.148. The fraction of sp³-hybridized carbons (Fsp3) is 0.700. The number of aryl methyl sites for hydroxylation is 1. The van der Waals surface area contributed by atoms with Crippen LogP contribution in [0.25, 0.3) is 0 Å². The molecule has 3 heterocycles. The maximum Gasteiger partial charge on any atom is 0.433 e. The summed E-state index contributed by atoms with van der Waals surface area (Å²) in [6, 6.07) is -0.867. The molecule has 0 unspecified atom stereocenters. The van der Waals surface area contributed by atoms with E-state index in [1.807, 2.05) is 0 Å². The first kappa shape index (κ1) is 24.3. The first-order chi connectivity index (χ1) is 14.9. The SMILES string of the molecule is CCCc1nc2c(c(C(F)(F)F)n1)CCN(C(=O)C[C@@H](N)CN1CC(F)(F)CCC1=O)C2. The number of aromatic nitrogens is 2. The van der Waals surface area contributed by atoms with Gasteiger partial charge in [0.05, 0.1) is 18.8 Å². The van der Waals surface area contributed by atoms with Gasteiger partial charge >= 0.3 is 6.18 Å². The van der Waals surface area contributed by atoms with Crippen LogP contribution in [0.2, 0.25) is 0 Å². The van der Waals surface area contributed by atoms with Gasteiger partial charge < -0.3 is 15.5 Å². The van der Waals surface area contributed by atoms with Crippen LogP contribution in [0.5, 0.6) is 0 Å². The minimum Gasteiger partial charge on any atom is -0.336 e. The Labute approximate surface area is 182 Å². The molecule has 0 saturated carbocycles. The van der Waals surface area contributed by atoms with Gasteiger partial charge in [0.25, 0.3) is 5.92 Å². The van der Waals surface area contributed by atoms with Crippen LogP contribution in [0, 0.1) is 0 Å². The lowest BCUT2D eigenvalue weighted by atomic mass is 10.0. The summed E-state index contributed by atoms with van der Waals surface area (Å²) in [5.41, 5.74) is 5.14. The molecule has 0 aliphatic carbocycles. The summed E-state index contributed by atoms with van der Waals surface area (Å²) in [7, 11) is 0. The van der Waals surface area contributed by atoms with Crippen molar-refractivity contribution in [3.63, 3.8) is 0 Å². The number of amides is 2. The van der Waals surface area contributed by atoms with Crippen LogP contribution in [0.4, 0.5) is 22.0 Å². The molecule has 3 rings (SSSR count). The van der Waals surface area contributed by atoms with E-state index in [0.29, 0.717) is 6.42 Å². The number of piperidine rings is 1. The second-order valence-electron chi connectivity index (χ2n) is 8.32. The number of carbonyl (C=O) groups is 2. The van der Waals surface area contributed by atoms with Crippen molar-refractivity contribution in [2.75, 3.05) is 19.6 Å². The van der Waals surface area contributed by atoms with Crippen molar-refractivity contribution in [3.8, 4) is 0 Å². The Morgan fingerprint density at radius 3 is 2.62 bits per heavy atom. The van der Waals surface area contributed by atoms with Crippen molar-refractivity contribution in [1.29, 1.82) is 0 Å². The number of fused-ring (bicyclic) bond motifs is 1. The number of hydrogen-bond acceptors (Lipinski definition) is 5. The zero-order chi connectivity index (χ0) is 23.7. The van der Waals surface area contributed by atoms with E-state index < -0.39 is 48.6 Å². The van der Waals surface area contributed by atoms with Gasteiger partial charge in [-0.2, -0.15) is 13.2 Å². The fourth-order valence-corrected chi connectivity index (χ4v) is 4.03. The van der Waals surface area contributed by atoms with Crippen LogP contribution in [0.3, 0.4) is 0 Å². The van der Waals surface area contributed by atoms with Crippen molar-refractivity contribution < 1.29 is 31.5 Å². The van der Waals surface area contributed by atoms with Crippen molar-refractivity contribution >= 4 is 11.8 Å². The Kier molecular flexibility index (Phi) is 7.01. The lowest BCUT2D eigenvalue weighted by Gasteiger charge is -2.34. The number of carbonyl (C=O) groups excluding carboxylic acids is 2. The topological polar surface area (TPSA) is 92.4 Å². The predicted molar refractivity (Wildman–Crippen MR) is 104 cm³/mol. The molecular formula is C20H26F5N5O2. The summed E-state index contributed by atoms with van der Waals surface area (Å²) in [6.45, 7) is 0.812. The van der Waals surface area contributed by atoms with Gasteiger partial charge in [0.15, 0.2) is 5.69 Å². The quantitative estimate of drug-likeness (QED) is 0.654. The minimum absolute atomic E-state index is 0.00755. The van der Waals surface area contributed by atoms with Gasteiger partial charge in [-0.25, -0.2) is 18.7 Å².